The van der Waals surface area contributed by atoms with E-state index in [2.05, 4.69) is 21.0 Å². The molecule has 162 valence electrons. The van der Waals surface area contributed by atoms with Crippen molar-refractivity contribution in [2.24, 2.45) is 0 Å². The largest absolute Gasteiger partial charge is 0.507 e. The molecule has 0 amide bonds. The van der Waals surface area contributed by atoms with Crippen LogP contribution >= 0.6 is 15.9 Å². The molecule has 0 saturated carbocycles. The summed E-state index contributed by atoms with van der Waals surface area (Å²) in [5.41, 5.74) is 1.20. The quantitative estimate of drug-likeness (QED) is 0.498. The SMILES string of the molecule is CC(=O)c1c(O)c(C)c(O)c2c1OC1=Cc3c(c(C)nn3-c3ccc(Br)cc3)C(=O)[C@@]12C. The van der Waals surface area contributed by atoms with Crippen molar-refractivity contribution in [3.63, 3.8) is 0 Å². The fraction of sp³-hybridized carbons (Fsp3) is 0.208. The normalized spacial score (nSPS) is 18.5. The highest BCUT2D eigenvalue weighted by molar-refractivity contribution is 9.10. The number of phenolic OH excluding ortho intramolecular Hbond substituents is 2. The number of aryl methyl sites for hydroxylation is 1. The van der Waals surface area contributed by atoms with Crippen LogP contribution in [0.5, 0.6) is 17.2 Å². The Balaban J connectivity index is 1.80. The van der Waals surface area contributed by atoms with Crippen LogP contribution in [0.25, 0.3) is 11.8 Å². The van der Waals surface area contributed by atoms with Crippen molar-refractivity contribution in [3.05, 3.63) is 68.1 Å². The first-order valence-corrected chi connectivity index (χ1v) is 10.8. The van der Waals surface area contributed by atoms with E-state index in [9.17, 15) is 19.8 Å². The van der Waals surface area contributed by atoms with Crippen molar-refractivity contribution in [2.45, 2.75) is 33.1 Å². The Morgan fingerprint density at radius 1 is 1.16 bits per heavy atom. The zero-order valence-electron chi connectivity index (χ0n) is 17.8. The average Bonchev–Trinajstić information content (AvgIpc) is 3.22. The second kappa shape index (κ2) is 6.56. The number of Topliss-reactive ketones (excluding diaryl/α,β-unsaturated/α-hetero) is 2. The van der Waals surface area contributed by atoms with Crippen molar-refractivity contribution in [1.29, 1.82) is 0 Å². The van der Waals surface area contributed by atoms with E-state index in [4.69, 9.17) is 4.74 Å². The van der Waals surface area contributed by atoms with Gasteiger partial charge < -0.3 is 14.9 Å². The summed E-state index contributed by atoms with van der Waals surface area (Å²) in [5, 5.41) is 26.0. The van der Waals surface area contributed by atoms with Gasteiger partial charge in [0.15, 0.2) is 11.6 Å². The number of phenols is 2. The molecule has 0 unspecified atom stereocenters. The van der Waals surface area contributed by atoms with Gasteiger partial charge in [-0.3, -0.25) is 9.59 Å². The number of hydrogen-bond acceptors (Lipinski definition) is 6. The lowest BCUT2D eigenvalue weighted by atomic mass is 9.71. The third-order valence-electron chi connectivity index (χ3n) is 6.31. The van der Waals surface area contributed by atoms with Crippen LogP contribution < -0.4 is 4.74 Å². The number of aromatic hydroxyl groups is 2. The molecule has 1 aliphatic heterocycles. The van der Waals surface area contributed by atoms with Crippen molar-refractivity contribution in [2.75, 3.05) is 0 Å². The number of rotatable bonds is 2. The highest BCUT2D eigenvalue weighted by atomic mass is 79.9. The third kappa shape index (κ3) is 2.44. The van der Waals surface area contributed by atoms with Crippen molar-refractivity contribution >= 4 is 33.6 Å². The molecule has 2 N–H and O–H groups in total. The first-order chi connectivity index (χ1) is 15.1. The molecule has 0 spiro atoms. The lowest BCUT2D eigenvalue weighted by Crippen LogP contribution is -2.36. The number of ketones is 2. The smallest absolute Gasteiger partial charge is 0.185 e. The Kier molecular flexibility index (Phi) is 4.20. The summed E-state index contributed by atoms with van der Waals surface area (Å²) < 4.78 is 8.60. The highest BCUT2D eigenvalue weighted by Crippen LogP contribution is 2.58. The summed E-state index contributed by atoms with van der Waals surface area (Å²) in [6.45, 7) is 6.22. The Labute approximate surface area is 192 Å². The molecule has 0 radical (unpaired) electrons. The Bertz CT molecular complexity index is 1400. The number of halogens is 1. The molecule has 32 heavy (non-hydrogen) atoms. The lowest BCUT2D eigenvalue weighted by molar-refractivity contribution is 0.0905. The van der Waals surface area contributed by atoms with Crippen LogP contribution in [0.4, 0.5) is 0 Å². The number of hydrogen-bond donors (Lipinski definition) is 2. The molecule has 1 aromatic heterocycles. The lowest BCUT2D eigenvalue weighted by Gasteiger charge is -2.27. The van der Waals surface area contributed by atoms with E-state index >= 15 is 0 Å². The average molecular weight is 495 g/mol. The van der Waals surface area contributed by atoms with E-state index in [0.29, 0.717) is 17.0 Å². The molecule has 3 aromatic rings. The van der Waals surface area contributed by atoms with E-state index in [-0.39, 0.29) is 45.5 Å². The number of fused-ring (bicyclic) bond motifs is 4. The monoisotopic (exact) mass is 494 g/mol. The summed E-state index contributed by atoms with van der Waals surface area (Å²) in [6.07, 6.45) is 1.72. The van der Waals surface area contributed by atoms with Crippen LogP contribution in [0, 0.1) is 13.8 Å². The van der Waals surface area contributed by atoms with Crippen LogP contribution in [0.15, 0.2) is 34.5 Å². The summed E-state index contributed by atoms with van der Waals surface area (Å²) in [7, 11) is 0. The molecule has 0 fully saturated rings. The van der Waals surface area contributed by atoms with E-state index in [0.717, 1.165) is 10.2 Å². The van der Waals surface area contributed by atoms with Crippen LogP contribution in [0.3, 0.4) is 0 Å². The van der Waals surface area contributed by atoms with Crippen molar-refractivity contribution in [3.8, 4) is 22.9 Å². The number of allylic oxidation sites excluding steroid dienone is 1. The number of benzene rings is 2. The zero-order valence-corrected chi connectivity index (χ0v) is 19.4. The molecule has 2 heterocycles. The van der Waals surface area contributed by atoms with E-state index in [1.807, 2.05) is 24.3 Å². The van der Waals surface area contributed by atoms with E-state index in [1.54, 1.807) is 24.6 Å². The Morgan fingerprint density at radius 3 is 2.44 bits per heavy atom. The molecule has 0 bridgehead atoms. The first-order valence-electron chi connectivity index (χ1n) is 9.97. The maximum Gasteiger partial charge on any atom is 0.185 e. The predicted octanol–water partition coefficient (Wildman–Crippen LogP) is 4.75. The summed E-state index contributed by atoms with van der Waals surface area (Å²) in [5.74, 6) is -1.04. The Morgan fingerprint density at radius 2 is 1.81 bits per heavy atom. The molecule has 7 nitrogen and oxygen atoms in total. The molecule has 1 aliphatic carbocycles. The van der Waals surface area contributed by atoms with Gasteiger partial charge in [0.05, 0.1) is 28.2 Å². The fourth-order valence-corrected chi connectivity index (χ4v) is 4.83. The van der Waals surface area contributed by atoms with E-state index in [1.165, 1.54) is 13.8 Å². The van der Waals surface area contributed by atoms with Crippen LogP contribution in [-0.2, 0) is 5.41 Å². The number of nitrogens with zero attached hydrogens (tertiary/aromatic N) is 2. The predicted molar refractivity (Wildman–Crippen MR) is 121 cm³/mol. The minimum absolute atomic E-state index is 0.0196. The van der Waals surface area contributed by atoms with Gasteiger partial charge in [-0.2, -0.15) is 5.10 Å². The van der Waals surface area contributed by atoms with Crippen molar-refractivity contribution < 1.29 is 24.5 Å². The molecular formula is C24H19BrN2O5. The maximum atomic E-state index is 13.9. The topological polar surface area (TPSA) is 102 Å². The molecule has 2 aliphatic rings. The van der Waals surface area contributed by atoms with E-state index < -0.39 is 11.2 Å². The first kappa shape index (κ1) is 20.5. The summed E-state index contributed by atoms with van der Waals surface area (Å²) in [4.78, 5) is 26.2. The van der Waals surface area contributed by atoms with Gasteiger partial charge in [-0.05, 0) is 52.0 Å². The Hall–Kier alpha value is -3.39. The van der Waals surface area contributed by atoms with Crippen LogP contribution in [-0.4, -0.2) is 31.6 Å². The van der Waals surface area contributed by atoms with Gasteiger partial charge in [-0.15, -0.1) is 0 Å². The van der Waals surface area contributed by atoms with Gasteiger partial charge >= 0.3 is 0 Å². The number of ether oxygens (including phenoxy) is 1. The van der Waals surface area contributed by atoms with Crippen LogP contribution in [0.2, 0.25) is 0 Å². The molecule has 2 aromatic carbocycles. The summed E-state index contributed by atoms with van der Waals surface area (Å²) >= 11 is 3.42. The standard InChI is InChI=1S/C24H19BrN2O5/c1-10-20(29)18(12(3)28)22-19(21(10)30)24(4)16(32-22)9-15-17(23(24)31)11(2)26-27(15)14-7-5-13(25)6-8-14/h5-9,29-30H,1-4H3/t24-/m0/s1. The number of carbonyl (C=O) groups is 2. The minimum atomic E-state index is -1.35. The third-order valence-corrected chi connectivity index (χ3v) is 6.84. The molecule has 8 heteroatoms. The molecular weight excluding hydrogens is 476 g/mol. The van der Waals surface area contributed by atoms with Crippen LogP contribution in [0.1, 0.15) is 57.1 Å². The van der Waals surface area contributed by atoms with Gasteiger partial charge in [0.25, 0.3) is 0 Å². The van der Waals surface area contributed by atoms with Gasteiger partial charge in [0.2, 0.25) is 0 Å². The zero-order chi connectivity index (χ0) is 23.1. The number of aromatic nitrogens is 2. The van der Waals surface area contributed by atoms with Gasteiger partial charge in [0, 0.05) is 16.1 Å². The molecule has 0 saturated heterocycles. The van der Waals surface area contributed by atoms with Crippen molar-refractivity contribution in [1.82, 2.24) is 9.78 Å². The maximum absolute atomic E-state index is 13.9. The number of carbonyl (C=O) groups excluding carboxylic acids is 2. The molecule has 1 atom stereocenters. The molecule has 5 rings (SSSR count). The van der Waals surface area contributed by atoms with Gasteiger partial charge in [0.1, 0.15) is 34.0 Å². The van der Waals surface area contributed by atoms with Gasteiger partial charge in [-0.1, -0.05) is 15.9 Å². The highest BCUT2D eigenvalue weighted by Gasteiger charge is 2.55. The van der Waals surface area contributed by atoms with Gasteiger partial charge in [-0.25, -0.2) is 4.68 Å². The second-order valence-corrected chi connectivity index (χ2v) is 9.17. The second-order valence-electron chi connectivity index (χ2n) is 8.26. The minimum Gasteiger partial charge on any atom is -0.507 e. The summed E-state index contributed by atoms with van der Waals surface area (Å²) in [6, 6.07) is 7.51. The fourth-order valence-electron chi connectivity index (χ4n) is 4.57.